The van der Waals surface area contributed by atoms with Crippen molar-refractivity contribution in [3.8, 4) is 5.75 Å². The van der Waals surface area contributed by atoms with E-state index in [1.807, 2.05) is 25.9 Å². The molecule has 0 atom stereocenters. The molecule has 1 amide bonds. The third-order valence-electron chi connectivity index (χ3n) is 3.02. The third kappa shape index (κ3) is 6.78. The number of anilines is 1. The molecule has 22 heavy (non-hydrogen) atoms. The summed E-state index contributed by atoms with van der Waals surface area (Å²) in [6.07, 6.45) is 0.792. The Morgan fingerprint density at radius 1 is 1.32 bits per heavy atom. The molecule has 1 aromatic carbocycles. The van der Waals surface area contributed by atoms with Crippen LogP contribution in [0.5, 0.6) is 5.75 Å². The molecule has 124 valence electrons. The van der Waals surface area contributed by atoms with Crippen LogP contribution < -0.4 is 15.8 Å². The lowest BCUT2D eigenvalue weighted by molar-refractivity contribution is 0.0944. The number of nitrogen functional groups attached to an aromatic ring is 1. The minimum atomic E-state index is -0.136. The number of benzene rings is 1. The molecular formula is C16H27N3O3. The van der Waals surface area contributed by atoms with Gasteiger partial charge in [0.15, 0.2) is 0 Å². The van der Waals surface area contributed by atoms with Gasteiger partial charge in [0.05, 0.1) is 5.69 Å². The van der Waals surface area contributed by atoms with Crippen LogP contribution in [0.2, 0.25) is 0 Å². The van der Waals surface area contributed by atoms with Crippen LogP contribution in [0.15, 0.2) is 18.2 Å². The van der Waals surface area contributed by atoms with Crippen molar-refractivity contribution in [2.24, 2.45) is 0 Å². The Bertz CT molecular complexity index is 464. The maximum Gasteiger partial charge on any atom is 0.251 e. The van der Waals surface area contributed by atoms with E-state index in [2.05, 4.69) is 5.32 Å². The number of amides is 1. The summed E-state index contributed by atoms with van der Waals surface area (Å²) < 4.78 is 10.8. The first kappa shape index (κ1) is 18.3. The zero-order chi connectivity index (χ0) is 16.4. The summed E-state index contributed by atoms with van der Waals surface area (Å²) in [7, 11) is 3.96. The van der Waals surface area contributed by atoms with Gasteiger partial charge in [-0.25, -0.2) is 0 Å². The molecule has 0 saturated heterocycles. The minimum absolute atomic E-state index is 0.136. The number of hydrogen-bond acceptors (Lipinski definition) is 5. The Labute approximate surface area is 132 Å². The second-order valence-electron chi connectivity index (χ2n) is 5.21. The van der Waals surface area contributed by atoms with E-state index in [0.29, 0.717) is 43.4 Å². The SMILES string of the molecule is CCOCCCNC(=O)c1ccc(OCCN(C)C)c(N)c1. The highest BCUT2D eigenvalue weighted by atomic mass is 16.5. The van der Waals surface area contributed by atoms with Crippen molar-refractivity contribution in [1.82, 2.24) is 10.2 Å². The average molecular weight is 309 g/mol. The van der Waals surface area contributed by atoms with E-state index in [9.17, 15) is 4.79 Å². The Balaban J connectivity index is 2.44. The van der Waals surface area contributed by atoms with Crippen LogP contribution in [0.1, 0.15) is 23.7 Å². The quantitative estimate of drug-likeness (QED) is 0.504. The summed E-state index contributed by atoms with van der Waals surface area (Å²) in [5.74, 6) is 0.470. The normalized spacial score (nSPS) is 10.7. The second kappa shape index (κ2) is 10.0. The lowest BCUT2D eigenvalue weighted by atomic mass is 10.1. The first-order valence-corrected chi connectivity index (χ1v) is 7.57. The fourth-order valence-electron chi connectivity index (χ4n) is 1.78. The highest BCUT2D eigenvalue weighted by molar-refractivity contribution is 5.95. The smallest absolute Gasteiger partial charge is 0.251 e. The molecule has 6 nitrogen and oxygen atoms in total. The largest absolute Gasteiger partial charge is 0.490 e. The molecule has 0 spiro atoms. The summed E-state index contributed by atoms with van der Waals surface area (Å²) in [6, 6.07) is 5.10. The number of hydrogen-bond donors (Lipinski definition) is 2. The Morgan fingerprint density at radius 2 is 2.09 bits per heavy atom. The highest BCUT2D eigenvalue weighted by Gasteiger charge is 2.08. The Morgan fingerprint density at radius 3 is 2.73 bits per heavy atom. The van der Waals surface area contributed by atoms with Gasteiger partial charge in [0.1, 0.15) is 12.4 Å². The maximum atomic E-state index is 12.0. The zero-order valence-corrected chi connectivity index (χ0v) is 13.7. The van der Waals surface area contributed by atoms with Gasteiger partial charge in [-0.15, -0.1) is 0 Å². The standard InChI is InChI=1S/C16H27N3O3/c1-4-21-10-5-8-18-16(20)13-6-7-15(14(17)12-13)22-11-9-19(2)3/h6-7,12H,4-5,8-11,17H2,1-3H3,(H,18,20). The first-order chi connectivity index (χ1) is 10.5. The van der Waals surface area contributed by atoms with Gasteiger partial charge >= 0.3 is 0 Å². The van der Waals surface area contributed by atoms with Crippen LogP contribution in [0, 0.1) is 0 Å². The number of carbonyl (C=O) groups excluding carboxylic acids is 1. The van der Waals surface area contributed by atoms with Crippen LogP contribution in [0.3, 0.4) is 0 Å². The predicted octanol–water partition coefficient (Wildman–Crippen LogP) is 1.37. The molecule has 0 saturated carbocycles. The molecule has 0 unspecified atom stereocenters. The summed E-state index contributed by atoms with van der Waals surface area (Å²) in [6.45, 7) is 5.24. The van der Waals surface area contributed by atoms with E-state index in [1.165, 1.54) is 0 Å². The summed E-state index contributed by atoms with van der Waals surface area (Å²) in [5.41, 5.74) is 6.94. The lowest BCUT2D eigenvalue weighted by Crippen LogP contribution is -2.25. The molecule has 0 aliphatic carbocycles. The highest BCUT2D eigenvalue weighted by Crippen LogP contribution is 2.22. The first-order valence-electron chi connectivity index (χ1n) is 7.57. The monoisotopic (exact) mass is 309 g/mol. The van der Waals surface area contributed by atoms with Gasteiger partial charge in [-0.05, 0) is 45.6 Å². The van der Waals surface area contributed by atoms with Crippen LogP contribution in [-0.2, 0) is 4.74 Å². The maximum absolute atomic E-state index is 12.0. The van der Waals surface area contributed by atoms with E-state index < -0.39 is 0 Å². The number of rotatable bonds is 10. The van der Waals surface area contributed by atoms with Crippen molar-refractivity contribution in [1.29, 1.82) is 0 Å². The predicted molar refractivity (Wildman–Crippen MR) is 88.3 cm³/mol. The number of nitrogens with one attached hydrogen (secondary N) is 1. The van der Waals surface area contributed by atoms with Gasteiger partial charge in [-0.2, -0.15) is 0 Å². The van der Waals surface area contributed by atoms with Crippen molar-refractivity contribution in [2.45, 2.75) is 13.3 Å². The molecule has 1 aromatic rings. The molecule has 1 rings (SSSR count). The van der Waals surface area contributed by atoms with Gasteiger partial charge in [-0.3, -0.25) is 4.79 Å². The topological polar surface area (TPSA) is 76.8 Å². The number of carbonyl (C=O) groups is 1. The zero-order valence-electron chi connectivity index (χ0n) is 13.7. The van der Waals surface area contributed by atoms with Crippen molar-refractivity contribution in [2.75, 3.05) is 52.7 Å². The molecule has 6 heteroatoms. The van der Waals surface area contributed by atoms with E-state index in [-0.39, 0.29) is 5.91 Å². The van der Waals surface area contributed by atoms with Gasteiger partial charge in [0.25, 0.3) is 5.91 Å². The molecule has 3 N–H and O–H groups in total. The van der Waals surface area contributed by atoms with E-state index in [1.54, 1.807) is 18.2 Å². The van der Waals surface area contributed by atoms with Crippen molar-refractivity contribution in [3.05, 3.63) is 23.8 Å². The number of ether oxygens (including phenoxy) is 2. The van der Waals surface area contributed by atoms with E-state index in [0.717, 1.165) is 13.0 Å². The van der Waals surface area contributed by atoms with Gasteiger partial charge < -0.3 is 25.4 Å². The molecule has 0 aliphatic rings. The van der Waals surface area contributed by atoms with E-state index >= 15 is 0 Å². The molecule has 0 aliphatic heterocycles. The van der Waals surface area contributed by atoms with Crippen molar-refractivity contribution in [3.63, 3.8) is 0 Å². The molecule has 0 fully saturated rings. The van der Waals surface area contributed by atoms with Crippen LogP contribution in [0.4, 0.5) is 5.69 Å². The van der Waals surface area contributed by atoms with Gasteiger partial charge in [-0.1, -0.05) is 0 Å². The molecule has 0 aromatic heterocycles. The fourth-order valence-corrected chi connectivity index (χ4v) is 1.78. The van der Waals surface area contributed by atoms with Crippen molar-refractivity contribution >= 4 is 11.6 Å². The van der Waals surface area contributed by atoms with Gasteiger partial charge in [0.2, 0.25) is 0 Å². The molecule has 0 radical (unpaired) electrons. The average Bonchev–Trinajstić information content (AvgIpc) is 2.48. The van der Waals surface area contributed by atoms with E-state index in [4.69, 9.17) is 15.2 Å². The molecular weight excluding hydrogens is 282 g/mol. The van der Waals surface area contributed by atoms with Crippen molar-refractivity contribution < 1.29 is 14.3 Å². The van der Waals surface area contributed by atoms with Gasteiger partial charge in [0, 0.05) is 31.9 Å². The van der Waals surface area contributed by atoms with Crippen LogP contribution in [0.25, 0.3) is 0 Å². The number of likely N-dealkylation sites (N-methyl/N-ethyl adjacent to an activating group) is 1. The minimum Gasteiger partial charge on any atom is -0.490 e. The lowest BCUT2D eigenvalue weighted by Gasteiger charge is -2.13. The van der Waals surface area contributed by atoms with Crippen LogP contribution >= 0.6 is 0 Å². The summed E-state index contributed by atoms with van der Waals surface area (Å²) in [4.78, 5) is 14.0. The molecule has 0 bridgehead atoms. The second-order valence-corrected chi connectivity index (χ2v) is 5.21. The third-order valence-corrected chi connectivity index (χ3v) is 3.02. The number of nitrogens with zero attached hydrogens (tertiary/aromatic N) is 1. The van der Waals surface area contributed by atoms with Crippen LogP contribution in [-0.4, -0.2) is 57.8 Å². The summed E-state index contributed by atoms with van der Waals surface area (Å²) in [5, 5.41) is 2.84. The fraction of sp³-hybridized carbons (Fsp3) is 0.562. The summed E-state index contributed by atoms with van der Waals surface area (Å²) >= 11 is 0. The molecule has 0 heterocycles. The Kier molecular flexibility index (Phi) is 8.32. The Hall–Kier alpha value is -1.79. The number of nitrogens with two attached hydrogens (primary N) is 1.